The lowest BCUT2D eigenvalue weighted by molar-refractivity contribution is -0.130. The Hall–Kier alpha value is -2.35. The quantitative estimate of drug-likeness (QED) is 0.257. The van der Waals surface area contributed by atoms with Gasteiger partial charge in [0, 0.05) is 18.6 Å². The van der Waals surface area contributed by atoms with Gasteiger partial charge < -0.3 is 21.7 Å². The number of hydrogen-bond donors (Lipinski definition) is 5. The van der Waals surface area contributed by atoms with E-state index in [1.54, 1.807) is 18.2 Å². The van der Waals surface area contributed by atoms with E-state index in [0.29, 0.717) is 13.0 Å². The number of carbonyl (C=O) groups excluding carboxylic acids is 2. The number of allylic oxidation sites excluding steroid dienone is 3. The smallest absolute Gasteiger partial charge is 0.241 e. The molecule has 1 heterocycles. The van der Waals surface area contributed by atoms with Gasteiger partial charge in [-0.25, -0.2) is 0 Å². The fourth-order valence-electron chi connectivity index (χ4n) is 3.72. The Labute approximate surface area is 210 Å². The largest absolute Gasteiger partial charge is 0.351 e. The summed E-state index contributed by atoms with van der Waals surface area (Å²) in [6.07, 6.45) is 7.58. The zero-order chi connectivity index (χ0) is 25.7. The number of hydrogen-bond acceptors (Lipinski definition) is 5. The van der Waals surface area contributed by atoms with Gasteiger partial charge >= 0.3 is 0 Å². The Bertz CT molecular complexity index is 894. The number of nitrogens with one attached hydrogen (secondary N) is 3. The fourth-order valence-corrected chi connectivity index (χ4v) is 3.81. The van der Waals surface area contributed by atoms with Gasteiger partial charge in [0.15, 0.2) is 0 Å². The molecule has 7 heteroatoms. The lowest BCUT2D eigenvalue weighted by atomic mass is 9.87. The van der Waals surface area contributed by atoms with E-state index >= 15 is 0 Å². The van der Waals surface area contributed by atoms with Gasteiger partial charge in [0.05, 0.1) is 6.54 Å². The third kappa shape index (κ3) is 9.49. The Kier molecular flexibility index (Phi) is 12.9. The molecule has 1 aromatic rings. The fraction of sp³-hybridized carbons (Fsp3) is 0.481. The molecule has 2 unspecified atom stereocenters. The number of rotatable bonds is 10. The van der Waals surface area contributed by atoms with Crippen molar-refractivity contribution in [2.45, 2.75) is 71.5 Å². The van der Waals surface area contributed by atoms with Crippen LogP contribution in [0.1, 0.15) is 58.6 Å². The van der Waals surface area contributed by atoms with Crippen molar-refractivity contribution in [1.82, 2.24) is 16.0 Å². The van der Waals surface area contributed by atoms with Crippen molar-refractivity contribution >= 4 is 30.0 Å². The number of thiol groups is 1. The lowest BCUT2D eigenvalue weighted by Gasteiger charge is -2.29. The number of carbonyl (C=O) groups is 2. The van der Waals surface area contributed by atoms with E-state index in [1.807, 2.05) is 45.9 Å². The van der Waals surface area contributed by atoms with Crippen molar-refractivity contribution in [3.8, 4) is 0 Å². The number of benzene rings is 1. The molecule has 0 radical (unpaired) electrons. The summed E-state index contributed by atoms with van der Waals surface area (Å²) in [5.41, 5.74) is 8.11. The van der Waals surface area contributed by atoms with Crippen LogP contribution in [0.15, 0.2) is 54.0 Å². The molecule has 2 amide bonds. The van der Waals surface area contributed by atoms with E-state index in [0.717, 1.165) is 34.4 Å². The summed E-state index contributed by atoms with van der Waals surface area (Å²) in [4.78, 5) is 26.1. The first-order valence-electron chi connectivity index (χ1n) is 12.0. The second-order valence-electron chi connectivity index (χ2n) is 8.62. The molecule has 3 atom stereocenters. The van der Waals surface area contributed by atoms with Crippen LogP contribution in [-0.2, 0) is 16.0 Å². The zero-order valence-electron chi connectivity index (χ0n) is 21.3. The summed E-state index contributed by atoms with van der Waals surface area (Å²) in [6, 6.07) is 8.23. The van der Waals surface area contributed by atoms with Gasteiger partial charge in [-0.05, 0) is 56.1 Å². The average Bonchev–Trinajstić information content (AvgIpc) is 3.19. The van der Waals surface area contributed by atoms with Gasteiger partial charge in [-0.3, -0.25) is 9.59 Å². The van der Waals surface area contributed by atoms with Crippen molar-refractivity contribution in [2.75, 3.05) is 13.1 Å². The van der Waals surface area contributed by atoms with E-state index < -0.39 is 5.54 Å². The van der Waals surface area contributed by atoms with Gasteiger partial charge in [-0.15, -0.1) is 12.6 Å². The molecule has 1 aliphatic rings. The van der Waals surface area contributed by atoms with Crippen molar-refractivity contribution in [1.29, 1.82) is 0 Å². The van der Waals surface area contributed by atoms with E-state index in [9.17, 15) is 9.59 Å². The molecule has 0 aromatic heterocycles. The molecule has 0 spiro atoms. The summed E-state index contributed by atoms with van der Waals surface area (Å²) >= 11 is 4.27. The van der Waals surface area contributed by atoms with Crippen LogP contribution in [0.25, 0.3) is 5.57 Å². The maximum atomic E-state index is 13.1. The first-order chi connectivity index (χ1) is 16.1. The van der Waals surface area contributed by atoms with Gasteiger partial charge in [0.1, 0.15) is 5.54 Å². The van der Waals surface area contributed by atoms with E-state index in [4.69, 9.17) is 5.73 Å². The third-order valence-corrected chi connectivity index (χ3v) is 6.14. The van der Waals surface area contributed by atoms with Crippen molar-refractivity contribution in [3.63, 3.8) is 0 Å². The summed E-state index contributed by atoms with van der Waals surface area (Å²) in [6.45, 7) is 14.2. The highest BCUT2D eigenvalue weighted by Crippen LogP contribution is 2.28. The molecule has 0 aliphatic carbocycles. The zero-order valence-corrected chi connectivity index (χ0v) is 22.2. The topological polar surface area (TPSA) is 96.2 Å². The molecule has 188 valence electrons. The molecule has 1 aliphatic heterocycles. The second-order valence-corrected chi connectivity index (χ2v) is 9.14. The van der Waals surface area contributed by atoms with Gasteiger partial charge in [0.2, 0.25) is 11.8 Å². The van der Waals surface area contributed by atoms with Gasteiger partial charge in [-0.1, -0.05) is 68.5 Å². The minimum Gasteiger partial charge on any atom is -0.351 e. The monoisotopic (exact) mass is 486 g/mol. The molecular formula is C27H42N4O2S. The highest BCUT2D eigenvalue weighted by Gasteiger charge is 2.43. The van der Waals surface area contributed by atoms with Crippen LogP contribution in [0, 0.1) is 0 Å². The highest BCUT2D eigenvalue weighted by atomic mass is 32.1. The molecule has 34 heavy (non-hydrogen) atoms. The second kappa shape index (κ2) is 14.8. The minimum atomic E-state index is -0.722. The summed E-state index contributed by atoms with van der Waals surface area (Å²) in [7, 11) is 0. The Balaban J connectivity index is 0.00000281. The molecule has 1 aromatic carbocycles. The molecule has 2 rings (SSSR count). The van der Waals surface area contributed by atoms with Crippen LogP contribution in [0.4, 0.5) is 0 Å². The van der Waals surface area contributed by atoms with E-state index in [2.05, 4.69) is 48.1 Å². The van der Waals surface area contributed by atoms with Crippen molar-refractivity contribution in [2.24, 2.45) is 5.73 Å². The van der Waals surface area contributed by atoms with Gasteiger partial charge in [-0.2, -0.15) is 0 Å². The van der Waals surface area contributed by atoms with Gasteiger partial charge in [0.25, 0.3) is 0 Å². The molecule has 5 N–H and O–H groups in total. The third-order valence-electron chi connectivity index (χ3n) is 5.58. The normalized spacial score (nSPS) is 20.9. The summed E-state index contributed by atoms with van der Waals surface area (Å²) < 4.78 is 0. The van der Waals surface area contributed by atoms with Crippen molar-refractivity contribution in [3.05, 3.63) is 65.1 Å². The van der Waals surface area contributed by atoms with Crippen LogP contribution < -0.4 is 21.7 Å². The van der Waals surface area contributed by atoms with Crippen molar-refractivity contribution < 1.29 is 9.59 Å². The number of nitrogens with two attached hydrogens (primary N) is 1. The first-order valence-corrected chi connectivity index (χ1v) is 12.5. The molecule has 1 saturated heterocycles. The van der Waals surface area contributed by atoms with Crippen LogP contribution in [0.2, 0.25) is 0 Å². The predicted octanol–water partition coefficient (Wildman–Crippen LogP) is 3.75. The molecular weight excluding hydrogens is 444 g/mol. The van der Waals surface area contributed by atoms with E-state index in [-0.39, 0.29) is 30.4 Å². The molecule has 0 saturated carbocycles. The average molecular weight is 487 g/mol. The SMILES string of the molecule is C=C(C)c1cccc(C[C@]2(C(=O)NCC(=O)NC/C=C/C=C(\S)C(C)N)CCC(C)N2)c1.CC. The Morgan fingerprint density at radius 2 is 2.06 bits per heavy atom. The van der Waals surface area contributed by atoms with Crippen LogP contribution >= 0.6 is 12.6 Å². The van der Waals surface area contributed by atoms with Crippen LogP contribution in [0.3, 0.4) is 0 Å². The maximum absolute atomic E-state index is 13.1. The molecule has 6 nitrogen and oxygen atoms in total. The first kappa shape index (κ1) is 29.7. The minimum absolute atomic E-state index is 0.0657. The highest BCUT2D eigenvalue weighted by molar-refractivity contribution is 7.84. The molecule has 0 bridgehead atoms. The van der Waals surface area contributed by atoms with E-state index in [1.165, 1.54) is 0 Å². The summed E-state index contributed by atoms with van der Waals surface area (Å²) in [5.74, 6) is -0.386. The van der Waals surface area contributed by atoms with Crippen LogP contribution in [-0.4, -0.2) is 42.5 Å². The summed E-state index contributed by atoms with van der Waals surface area (Å²) in [5, 5.41) is 9.05. The lowest BCUT2D eigenvalue weighted by Crippen LogP contribution is -2.57. The Morgan fingerprint density at radius 3 is 2.65 bits per heavy atom. The van der Waals surface area contributed by atoms with Crippen LogP contribution in [0.5, 0.6) is 0 Å². The molecule has 1 fully saturated rings. The maximum Gasteiger partial charge on any atom is 0.241 e. The Morgan fingerprint density at radius 1 is 1.35 bits per heavy atom. The standard InChI is InChI=1S/C25H36N4O2S.C2H6/c1-17(2)21-9-7-8-20(14-21)15-25(12-11-18(3)29-25)24(31)28-16-23(30)27-13-6-5-10-22(32)19(4)26;1-2/h5-10,14,18-19,29,32H,1,11-13,15-16,26H2,2-4H3,(H,27,30)(H,28,31);1-2H3/b6-5+,22-10-;/t18?,19?,25-;/m0./s1. The predicted molar refractivity (Wildman–Crippen MR) is 147 cm³/mol. The number of amides is 2.